The van der Waals surface area contributed by atoms with Gasteiger partial charge in [0.1, 0.15) is 5.82 Å². The molecule has 0 aliphatic heterocycles. The topological polar surface area (TPSA) is 26.0 Å². The molecule has 0 saturated carbocycles. The van der Waals surface area contributed by atoms with Gasteiger partial charge in [-0.1, -0.05) is 32.9 Å². The minimum atomic E-state index is -0.192. The van der Waals surface area contributed by atoms with Crippen LogP contribution < -0.4 is 5.73 Å². The van der Waals surface area contributed by atoms with Crippen molar-refractivity contribution in [2.45, 2.75) is 26.8 Å². The van der Waals surface area contributed by atoms with Crippen molar-refractivity contribution in [3.63, 3.8) is 0 Å². The Kier molecular flexibility index (Phi) is 3.53. The first-order valence-corrected chi connectivity index (χ1v) is 5.61. The van der Waals surface area contributed by atoms with Gasteiger partial charge in [0, 0.05) is 6.04 Å². The maximum atomic E-state index is 13.3. The molecule has 14 heavy (non-hydrogen) atoms. The van der Waals surface area contributed by atoms with Gasteiger partial charge in [-0.2, -0.15) is 0 Å². The Hall–Kier alpha value is -0.160. The molecular formula is C11H15FIN. The third-order valence-corrected chi connectivity index (χ3v) is 3.39. The fourth-order valence-corrected chi connectivity index (χ4v) is 1.92. The van der Waals surface area contributed by atoms with Crippen LogP contribution in [0.4, 0.5) is 4.39 Å². The van der Waals surface area contributed by atoms with E-state index in [4.69, 9.17) is 5.73 Å². The molecule has 0 spiro atoms. The Balaban J connectivity index is 3.14. The van der Waals surface area contributed by atoms with Crippen molar-refractivity contribution in [1.82, 2.24) is 0 Å². The van der Waals surface area contributed by atoms with Gasteiger partial charge < -0.3 is 5.73 Å². The average molecular weight is 307 g/mol. The molecule has 1 aromatic carbocycles. The van der Waals surface area contributed by atoms with Crippen LogP contribution in [0.5, 0.6) is 0 Å². The molecule has 0 unspecified atom stereocenters. The van der Waals surface area contributed by atoms with Crippen molar-refractivity contribution in [2.75, 3.05) is 0 Å². The molecule has 1 nitrogen and oxygen atoms in total. The van der Waals surface area contributed by atoms with Crippen LogP contribution in [-0.2, 0) is 0 Å². The van der Waals surface area contributed by atoms with E-state index in [9.17, 15) is 4.39 Å². The van der Waals surface area contributed by atoms with E-state index in [1.807, 2.05) is 28.7 Å². The second kappa shape index (κ2) is 4.14. The minimum absolute atomic E-state index is 0.0479. The zero-order valence-electron chi connectivity index (χ0n) is 8.64. The third kappa shape index (κ3) is 2.45. The largest absolute Gasteiger partial charge is 0.323 e. The van der Waals surface area contributed by atoms with Crippen molar-refractivity contribution in [2.24, 2.45) is 11.1 Å². The van der Waals surface area contributed by atoms with E-state index in [1.54, 1.807) is 6.07 Å². The zero-order valence-corrected chi connectivity index (χ0v) is 10.8. The summed E-state index contributed by atoms with van der Waals surface area (Å²) in [5, 5.41) is 0. The number of nitrogens with two attached hydrogens (primary N) is 1. The maximum absolute atomic E-state index is 13.3. The van der Waals surface area contributed by atoms with Crippen LogP contribution in [0, 0.1) is 14.8 Å². The van der Waals surface area contributed by atoms with Crippen molar-refractivity contribution >= 4 is 22.6 Å². The number of rotatable bonds is 1. The highest BCUT2D eigenvalue weighted by Gasteiger charge is 2.24. The quantitative estimate of drug-likeness (QED) is 0.790. The van der Waals surface area contributed by atoms with E-state index in [2.05, 4.69) is 20.8 Å². The number of benzene rings is 1. The summed E-state index contributed by atoms with van der Waals surface area (Å²) in [6.45, 7) is 6.16. The molecule has 0 radical (unpaired) electrons. The molecule has 1 aromatic rings. The van der Waals surface area contributed by atoms with Crippen LogP contribution >= 0.6 is 22.6 Å². The Morgan fingerprint density at radius 1 is 1.36 bits per heavy atom. The van der Waals surface area contributed by atoms with Gasteiger partial charge in [-0.3, -0.25) is 0 Å². The molecule has 0 aromatic heterocycles. The first-order valence-electron chi connectivity index (χ1n) is 4.53. The van der Waals surface area contributed by atoms with Crippen LogP contribution in [0.2, 0.25) is 0 Å². The fraction of sp³-hybridized carbons (Fsp3) is 0.455. The van der Waals surface area contributed by atoms with Crippen LogP contribution in [-0.4, -0.2) is 0 Å². The molecule has 0 amide bonds. The van der Waals surface area contributed by atoms with Crippen LogP contribution in [0.3, 0.4) is 0 Å². The molecule has 2 N–H and O–H groups in total. The molecule has 0 aliphatic rings. The molecule has 0 bridgehead atoms. The van der Waals surface area contributed by atoms with E-state index >= 15 is 0 Å². The highest BCUT2D eigenvalue weighted by molar-refractivity contribution is 14.1. The van der Waals surface area contributed by atoms with Crippen LogP contribution in [0.1, 0.15) is 32.4 Å². The molecule has 3 heteroatoms. The Morgan fingerprint density at radius 2 is 1.93 bits per heavy atom. The van der Waals surface area contributed by atoms with E-state index in [0.29, 0.717) is 3.57 Å². The first kappa shape index (κ1) is 11.9. The van der Waals surface area contributed by atoms with E-state index in [0.717, 1.165) is 5.56 Å². The monoisotopic (exact) mass is 307 g/mol. The molecule has 0 aliphatic carbocycles. The van der Waals surface area contributed by atoms with E-state index < -0.39 is 0 Å². The lowest BCUT2D eigenvalue weighted by molar-refractivity contribution is 0.325. The molecular weight excluding hydrogens is 292 g/mol. The highest BCUT2D eigenvalue weighted by atomic mass is 127. The minimum Gasteiger partial charge on any atom is -0.323 e. The number of hydrogen-bond acceptors (Lipinski definition) is 1. The summed E-state index contributed by atoms with van der Waals surface area (Å²) < 4.78 is 13.9. The van der Waals surface area contributed by atoms with E-state index in [1.165, 1.54) is 6.07 Å². The molecule has 1 atom stereocenters. The molecule has 0 fully saturated rings. The van der Waals surface area contributed by atoms with Crippen molar-refractivity contribution in [3.05, 3.63) is 33.1 Å². The Bertz CT molecular complexity index is 331. The maximum Gasteiger partial charge on any atom is 0.136 e. The van der Waals surface area contributed by atoms with Gasteiger partial charge in [-0.05, 0) is 39.6 Å². The summed E-state index contributed by atoms with van der Waals surface area (Å²) in [6, 6.07) is 4.92. The summed E-state index contributed by atoms with van der Waals surface area (Å²) in [5.41, 5.74) is 6.91. The average Bonchev–Trinajstić information content (AvgIpc) is 2.07. The summed E-state index contributed by atoms with van der Waals surface area (Å²) in [4.78, 5) is 0. The van der Waals surface area contributed by atoms with Crippen LogP contribution in [0.25, 0.3) is 0 Å². The summed E-state index contributed by atoms with van der Waals surface area (Å²) >= 11 is 2.01. The predicted molar refractivity (Wildman–Crippen MR) is 65.5 cm³/mol. The molecule has 78 valence electrons. The van der Waals surface area contributed by atoms with Gasteiger partial charge in [0.05, 0.1) is 3.57 Å². The standard InChI is InChI=1S/C11H15FIN/c1-11(2,3)10(14)7-5-4-6-8(12)9(7)13/h4-6,10H,14H2,1-3H3/t10-/m1/s1. The molecule has 0 saturated heterocycles. The zero-order chi connectivity index (χ0) is 10.9. The van der Waals surface area contributed by atoms with Gasteiger partial charge in [0.25, 0.3) is 0 Å². The smallest absolute Gasteiger partial charge is 0.136 e. The lowest BCUT2D eigenvalue weighted by atomic mass is 9.83. The Labute approximate surface area is 98.0 Å². The van der Waals surface area contributed by atoms with Gasteiger partial charge >= 0.3 is 0 Å². The van der Waals surface area contributed by atoms with Crippen molar-refractivity contribution < 1.29 is 4.39 Å². The number of halogens is 2. The molecule has 0 heterocycles. The predicted octanol–water partition coefficient (Wildman–Crippen LogP) is 3.48. The third-order valence-electron chi connectivity index (χ3n) is 2.25. The van der Waals surface area contributed by atoms with E-state index in [-0.39, 0.29) is 17.3 Å². The normalized spacial score (nSPS) is 14.1. The summed E-state index contributed by atoms with van der Waals surface area (Å²) in [6.07, 6.45) is 0. The summed E-state index contributed by atoms with van der Waals surface area (Å²) in [5.74, 6) is -0.192. The van der Waals surface area contributed by atoms with Crippen LogP contribution in [0.15, 0.2) is 18.2 Å². The van der Waals surface area contributed by atoms with Crippen molar-refractivity contribution in [1.29, 1.82) is 0 Å². The second-order valence-corrected chi connectivity index (χ2v) is 5.57. The summed E-state index contributed by atoms with van der Waals surface area (Å²) in [7, 11) is 0. The van der Waals surface area contributed by atoms with Crippen molar-refractivity contribution in [3.8, 4) is 0 Å². The lowest BCUT2D eigenvalue weighted by Gasteiger charge is -2.28. The van der Waals surface area contributed by atoms with Gasteiger partial charge in [-0.25, -0.2) is 4.39 Å². The van der Waals surface area contributed by atoms with Gasteiger partial charge in [0.15, 0.2) is 0 Å². The van der Waals surface area contributed by atoms with Gasteiger partial charge in [0.2, 0.25) is 0 Å². The number of hydrogen-bond donors (Lipinski definition) is 1. The SMILES string of the molecule is CC(C)(C)[C@H](N)c1cccc(F)c1I. The second-order valence-electron chi connectivity index (χ2n) is 4.49. The fourth-order valence-electron chi connectivity index (χ4n) is 1.23. The Morgan fingerprint density at radius 3 is 2.43 bits per heavy atom. The van der Waals surface area contributed by atoms with Gasteiger partial charge in [-0.15, -0.1) is 0 Å². The first-order chi connectivity index (χ1) is 6.34. The highest BCUT2D eigenvalue weighted by Crippen LogP contribution is 2.33. The lowest BCUT2D eigenvalue weighted by Crippen LogP contribution is -2.27. The molecule has 1 rings (SSSR count).